The van der Waals surface area contributed by atoms with Gasteiger partial charge in [0.05, 0.1) is 6.33 Å². The van der Waals surface area contributed by atoms with Crippen molar-refractivity contribution in [3.63, 3.8) is 0 Å². The molecule has 5 rings (SSSR count). The summed E-state index contributed by atoms with van der Waals surface area (Å²) in [6, 6.07) is 7.34. The summed E-state index contributed by atoms with van der Waals surface area (Å²) in [5, 5.41) is 11.9. The van der Waals surface area contributed by atoms with E-state index in [0.717, 1.165) is 36.4 Å². The van der Waals surface area contributed by atoms with Crippen LogP contribution in [0.5, 0.6) is 0 Å². The highest BCUT2D eigenvalue weighted by Gasteiger charge is 2.17. The average Bonchev–Trinajstić information content (AvgIpc) is 3.39. The number of nitrogens with one attached hydrogen (secondary N) is 1. The van der Waals surface area contributed by atoms with Crippen LogP contribution in [0.3, 0.4) is 0 Å². The maximum atomic E-state index is 12.6. The Morgan fingerprint density at radius 3 is 3.07 bits per heavy atom. The van der Waals surface area contributed by atoms with Crippen LogP contribution in [0.1, 0.15) is 18.1 Å². The first-order valence-electron chi connectivity index (χ1n) is 9.25. The molecule has 0 radical (unpaired) electrons. The fourth-order valence-electron chi connectivity index (χ4n) is 3.65. The van der Waals surface area contributed by atoms with Gasteiger partial charge in [0.1, 0.15) is 29.3 Å². The van der Waals surface area contributed by atoms with Crippen molar-refractivity contribution in [2.45, 2.75) is 32.4 Å². The monoisotopic (exact) mass is 378 g/mol. The standard InChI is InChI=1S/C19H18N6O3/c26-16(20-8-7-15-23-22-14-6-3-9-25(14)15)10-24-11-21-17-12-4-1-2-5-13(12)28-18(17)19(24)27/h1-2,4-5,11H,3,6-10H2,(H,20,26). The Bertz CT molecular complexity index is 1250. The van der Waals surface area contributed by atoms with E-state index in [9.17, 15) is 9.59 Å². The number of hydrogen-bond donors (Lipinski definition) is 1. The first-order chi connectivity index (χ1) is 13.7. The Morgan fingerprint density at radius 2 is 2.14 bits per heavy atom. The van der Waals surface area contributed by atoms with Gasteiger partial charge in [-0.1, -0.05) is 12.1 Å². The molecule has 4 aromatic rings. The van der Waals surface area contributed by atoms with Crippen molar-refractivity contribution in [1.82, 2.24) is 29.6 Å². The third-order valence-electron chi connectivity index (χ3n) is 5.02. The van der Waals surface area contributed by atoms with E-state index in [4.69, 9.17) is 4.42 Å². The fourth-order valence-corrected chi connectivity index (χ4v) is 3.65. The highest BCUT2D eigenvalue weighted by molar-refractivity contribution is 6.01. The lowest BCUT2D eigenvalue weighted by atomic mass is 10.2. The first-order valence-corrected chi connectivity index (χ1v) is 9.25. The zero-order chi connectivity index (χ0) is 19.1. The maximum absolute atomic E-state index is 12.6. The average molecular weight is 378 g/mol. The number of rotatable bonds is 5. The van der Waals surface area contributed by atoms with Crippen LogP contribution in [0.4, 0.5) is 0 Å². The number of furan rings is 1. The van der Waals surface area contributed by atoms with E-state index in [2.05, 4.69) is 25.1 Å². The van der Waals surface area contributed by atoms with Gasteiger partial charge in [-0.3, -0.25) is 14.2 Å². The number of amides is 1. The molecule has 1 amide bonds. The number of aryl methyl sites for hydroxylation is 1. The van der Waals surface area contributed by atoms with Gasteiger partial charge in [-0.2, -0.15) is 0 Å². The fraction of sp³-hybridized carbons (Fsp3) is 0.316. The number of carbonyl (C=O) groups is 1. The van der Waals surface area contributed by atoms with Gasteiger partial charge in [-0.05, 0) is 18.6 Å². The lowest BCUT2D eigenvalue weighted by molar-refractivity contribution is -0.121. The predicted octanol–water partition coefficient (Wildman–Crippen LogP) is 1.04. The summed E-state index contributed by atoms with van der Waals surface area (Å²) >= 11 is 0. The van der Waals surface area contributed by atoms with Crippen LogP contribution in [-0.2, 0) is 30.7 Å². The second-order valence-corrected chi connectivity index (χ2v) is 6.84. The molecule has 4 heterocycles. The molecule has 0 bridgehead atoms. The molecule has 1 aromatic carbocycles. The van der Waals surface area contributed by atoms with E-state index in [1.165, 1.54) is 10.9 Å². The summed E-state index contributed by atoms with van der Waals surface area (Å²) in [5.74, 6) is 1.63. The Hall–Kier alpha value is -3.49. The van der Waals surface area contributed by atoms with E-state index >= 15 is 0 Å². The third kappa shape index (κ3) is 2.75. The van der Waals surface area contributed by atoms with E-state index in [1.807, 2.05) is 18.2 Å². The van der Waals surface area contributed by atoms with Crippen molar-refractivity contribution in [2.75, 3.05) is 6.54 Å². The van der Waals surface area contributed by atoms with Crippen molar-refractivity contribution < 1.29 is 9.21 Å². The Labute approximate surface area is 159 Å². The van der Waals surface area contributed by atoms with Crippen LogP contribution >= 0.6 is 0 Å². The Morgan fingerprint density at radius 1 is 1.25 bits per heavy atom. The number of benzene rings is 1. The summed E-state index contributed by atoms with van der Waals surface area (Å²) in [6.45, 7) is 1.26. The van der Waals surface area contributed by atoms with E-state index < -0.39 is 0 Å². The molecule has 0 saturated heterocycles. The molecule has 0 unspecified atom stereocenters. The maximum Gasteiger partial charge on any atom is 0.297 e. The molecule has 28 heavy (non-hydrogen) atoms. The van der Waals surface area contributed by atoms with Crippen LogP contribution in [0, 0.1) is 0 Å². The number of carbonyl (C=O) groups excluding carboxylic acids is 1. The van der Waals surface area contributed by atoms with Gasteiger partial charge in [0.15, 0.2) is 0 Å². The number of fused-ring (bicyclic) bond motifs is 4. The minimum atomic E-state index is -0.369. The van der Waals surface area contributed by atoms with Gasteiger partial charge >= 0.3 is 0 Å². The van der Waals surface area contributed by atoms with Gasteiger partial charge in [0.2, 0.25) is 11.5 Å². The molecule has 0 atom stereocenters. The lowest BCUT2D eigenvalue weighted by Crippen LogP contribution is -2.33. The molecule has 142 valence electrons. The number of aromatic nitrogens is 5. The van der Waals surface area contributed by atoms with Gasteiger partial charge in [0.25, 0.3) is 5.56 Å². The molecule has 0 spiro atoms. The molecule has 1 aliphatic rings. The van der Waals surface area contributed by atoms with Gasteiger partial charge < -0.3 is 14.3 Å². The quantitative estimate of drug-likeness (QED) is 0.556. The second kappa shape index (κ2) is 6.59. The van der Waals surface area contributed by atoms with Crippen LogP contribution in [0.25, 0.3) is 22.1 Å². The van der Waals surface area contributed by atoms with E-state index in [1.54, 1.807) is 6.07 Å². The summed E-state index contributed by atoms with van der Waals surface area (Å²) in [4.78, 5) is 29.2. The Kier molecular flexibility index (Phi) is 3.92. The predicted molar refractivity (Wildman–Crippen MR) is 101 cm³/mol. The molecule has 0 fully saturated rings. The number of hydrogen-bond acceptors (Lipinski definition) is 6. The number of para-hydroxylation sites is 1. The molecule has 9 nitrogen and oxygen atoms in total. The van der Waals surface area contributed by atoms with Crippen molar-refractivity contribution in [3.8, 4) is 0 Å². The minimum Gasteiger partial charge on any atom is -0.448 e. The van der Waals surface area contributed by atoms with Crippen LogP contribution in [0.2, 0.25) is 0 Å². The molecule has 3 aromatic heterocycles. The largest absolute Gasteiger partial charge is 0.448 e. The van der Waals surface area contributed by atoms with Crippen LogP contribution in [-0.4, -0.2) is 36.8 Å². The zero-order valence-electron chi connectivity index (χ0n) is 15.1. The van der Waals surface area contributed by atoms with E-state index in [-0.39, 0.29) is 23.6 Å². The number of nitrogens with zero attached hydrogens (tertiary/aromatic N) is 5. The third-order valence-corrected chi connectivity index (χ3v) is 5.02. The van der Waals surface area contributed by atoms with E-state index in [0.29, 0.717) is 24.1 Å². The summed E-state index contributed by atoms with van der Waals surface area (Å²) in [7, 11) is 0. The zero-order valence-corrected chi connectivity index (χ0v) is 15.1. The van der Waals surface area contributed by atoms with Crippen LogP contribution in [0.15, 0.2) is 39.8 Å². The molecule has 0 saturated carbocycles. The van der Waals surface area contributed by atoms with Crippen LogP contribution < -0.4 is 10.9 Å². The molecule has 9 heteroatoms. The normalized spacial score (nSPS) is 13.3. The van der Waals surface area contributed by atoms with Gasteiger partial charge in [-0.25, -0.2) is 4.98 Å². The second-order valence-electron chi connectivity index (χ2n) is 6.84. The van der Waals surface area contributed by atoms with Gasteiger partial charge in [0, 0.05) is 31.3 Å². The summed E-state index contributed by atoms with van der Waals surface area (Å²) in [5.41, 5.74) is 0.908. The Balaban J connectivity index is 1.28. The molecule has 0 aliphatic carbocycles. The highest BCUT2D eigenvalue weighted by Crippen LogP contribution is 2.23. The highest BCUT2D eigenvalue weighted by atomic mass is 16.3. The SMILES string of the molecule is O=C(Cn1cnc2c(oc3ccccc32)c1=O)NCCc1nnc2n1CCC2. The van der Waals surface area contributed by atoms with Crippen molar-refractivity contribution in [1.29, 1.82) is 0 Å². The summed E-state index contributed by atoms with van der Waals surface area (Å²) < 4.78 is 9.00. The first kappa shape index (κ1) is 16.7. The van der Waals surface area contributed by atoms with Crippen molar-refractivity contribution in [3.05, 3.63) is 52.6 Å². The molecular weight excluding hydrogens is 360 g/mol. The summed E-state index contributed by atoms with van der Waals surface area (Å²) in [6.07, 6.45) is 4.04. The minimum absolute atomic E-state index is 0.114. The smallest absolute Gasteiger partial charge is 0.297 e. The molecular formula is C19H18N6O3. The van der Waals surface area contributed by atoms with Gasteiger partial charge in [-0.15, -0.1) is 10.2 Å². The lowest BCUT2D eigenvalue weighted by Gasteiger charge is -2.07. The topological polar surface area (TPSA) is 108 Å². The molecule has 1 aliphatic heterocycles. The molecule has 1 N–H and O–H groups in total. The van der Waals surface area contributed by atoms with Crippen molar-refractivity contribution in [2.24, 2.45) is 0 Å². The van der Waals surface area contributed by atoms with Crippen molar-refractivity contribution >= 4 is 28.0 Å².